The van der Waals surface area contributed by atoms with Gasteiger partial charge in [-0.1, -0.05) is 97.1 Å². The van der Waals surface area contributed by atoms with Crippen molar-refractivity contribution in [1.82, 2.24) is 72.9 Å². The molecule has 0 atom stereocenters. The number of nitriles is 4. The Kier molecular flexibility index (Phi) is 24.2. The Hall–Kier alpha value is -16.4. The third-order valence-electron chi connectivity index (χ3n) is 22.8. The van der Waals surface area contributed by atoms with Gasteiger partial charge in [-0.25, -0.2) is 29.0 Å². The van der Waals surface area contributed by atoms with Crippen LogP contribution in [-0.4, -0.2) is 193 Å². The van der Waals surface area contributed by atoms with Gasteiger partial charge >= 0.3 is 0 Å². The number of morpholine rings is 2. The molecule has 8 aromatic heterocycles. The van der Waals surface area contributed by atoms with Crippen molar-refractivity contribution >= 4 is 52.1 Å². The second-order valence-corrected chi connectivity index (χ2v) is 31.1. The van der Waals surface area contributed by atoms with E-state index in [0.717, 1.165) is 107 Å². The number of fused-ring (bicyclic) bond motifs is 4. The summed E-state index contributed by atoms with van der Waals surface area (Å²) in [5, 5.41) is 58.1. The maximum Gasteiger partial charge on any atom is 0.254 e. The van der Waals surface area contributed by atoms with E-state index in [1.807, 2.05) is 243 Å². The number of piperidine rings is 1. The van der Waals surface area contributed by atoms with Crippen LogP contribution < -0.4 is 5.32 Å². The average molecular weight is 1680 g/mol. The highest BCUT2D eigenvalue weighted by Crippen LogP contribution is 2.33. The first-order valence-electron chi connectivity index (χ1n) is 41.4. The molecule has 0 radical (unpaired) electrons. The van der Waals surface area contributed by atoms with Crippen LogP contribution in [0.5, 0.6) is 0 Å². The lowest BCUT2D eigenvalue weighted by molar-refractivity contribution is -0.123. The number of likely N-dealkylation sites (tertiary alicyclic amines) is 1. The van der Waals surface area contributed by atoms with E-state index in [9.17, 15) is 29.1 Å². The minimum atomic E-state index is -0.677. The Labute approximate surface area is 729 Å². The number of ether oxygens (including phenoxy) is 2. The number of carbonyl (C=O) groups is 5. The van der Waals surface area contributed by atoms with Gasteiger partial charge < -0.3 is 39.5 Å². The number of benzene rings is 8. The number of nitrogens with zero attached hydrogens (tertiary/aromatic N) is 18. The average Bonchev–Trinajstić information content (AvgIpc) is 1.66. The van der Waals surface area contributed by atoms with Crippen LogP contribution in [0, 0.1) is 45.3 Å². The molecule has 4 aliphatic heterocycles. The van der Waals surface area contributed by atoms with E-state index in [0.29, 0.717) is 142 Å². The molecule has 624 valence electrons. The van der Waals surface area contributed by atoms with E-state index >= 15 is 0 Å². The SMILES string of the molecule is CC1(O)CCN(C(=O)c2ccc(-c3ccc4ncc(-c5ccc(C#N)cc5)n4c3)cc2)CC1.N#Cc1ccc(-c2cnc3ccc(-c4ccc(C(=O)N5CCNC(=O)C5)cc4)nn23)cc1.N#Cc1ccc(-c2cnc3ccc(-c4ccc(C(=O)N5CCOCC5)cc4)cn23)cc1.N#Cc1ccc(-c2cnn3ccc(-c4ccc(C(=O)N5CCOCC5)cc4)nc23)cc1. The molecule has 20 rings (SSSR count). The lowest BCUT2D eigenvalue weighted by Gasteiger charge is -2.35. The normalized spacial score (nSPS) is 14.2. The van der Waals surface area contributed by atoms with Crippen LogP contribution in [0.15, 0.2) is 280 Å². The number of amides is 5. The lowest BCUT2D eigenvalue weighted by atomic mass is 9.93. The number of hydrogen-bond acceptors (Lipinski definition) is 18. The van der Waals surface area contributed by atoms with Crippen LogP contribution in [0.25, 0.3) is 112 Å². The fraction of sp³-hybridized carbons (Fsp3) is 0.170. The molecule has 127 heavy (non-hydrogen) atoms. The Morgan fingerprint density at radius 2 is 0.764 bits per heavy atom. The fourth-order valence-corrected chi connectivity index (χ4v) is 15.5. The van der Waals surface area contributed by atoms with Gasteiger partial charge in [0.25, 0.3) is 23.6 Å². The predicted octanol–water partition coefficient (Wildman–Crippen LogP) is 14.5. The molecule has 0 bridgehead atoms. The van der Waals surface area contributed by atoms with Gasteiger partial charge in [0, 0.05) is 127 Å². The summed E-state index contributed by atoms with van der Waals surface area (Å²) in [6.07, 6.45) is 14.4. The smallest absolute Gasteiger partial charge is 0.254 e. The van der Waals surface area contributed by atoms with Crippen LogP contribution in [0.3, 0.4) is 0 Å². The minimum Gasteiger partial charge on any atom is -0.390 e. The number of aliphatic hydroxyl groups is 1. The van der Waals surface area contributed by atoms with Crippen LogP contribution in [0.2, 0.25) is 0 Å². The zero-order valence-corrected chi connectivity index (χ0v) is 69.0. The third-order valence-corrected chi connectivity index (χ3v) is 22.8. The van der Waals surface area contributed by atoms with Crippen LogP contribution in [-0.2, 0) is 14.3 Å². The fourth-order valence-electron chi connectivity index (χ4n) is 15.5. The van der Waals surface area contributed by atoms with Gasteiger partial charge in [-0.2, -0.15) is 31.2 Å². The van der Waals surface area contributed by atoms with Crippen molar-refractivity contribution in [1.29, 1.82) is 21.0 Å². The van der Waals surface area contributed by atoms with Gasteiger partial charge in [0.05, 0.1) is 138 Å². The summed E-state index contributed by atoms with van der Waals surface area (Å²) in [6, 6.07) is 81.9. The first kappa shape index (κ1) is 82.9. The Morgan fingerprint density at radius 1 is 0.394 bits per heavy atom. The molecule has 0 spiro atoms. The summed E-state index contributed by atoms with van der Waals surface area (Å²) in [5.74, 6) is -0.227. The maximum atomic E-state index is 12.9. The summed E-state index contributed by atoms with van der Waals surface area (Å²) in [4.78, 5) is 87.7. The number of imidazole rings is 3. The summed E-state index contributed by atoms with van der Waals surface area (Å²) < 4.78 is 18.2. The van der Waals surface area contributed by atoms with E-state index < -0.39 is 5.60 Å². The Morgan fingerprint density at radius 3 is 1.20 bits per heavy atom. The van der Waals surface area contributed by atoms with Gasteiger partial charge in [-0.05, 0) is 187 Å². The first-order valence-corrected chi connectivity index (χ1v) is 41.4. The second kappa shape index (κ2) is 37.1. The van der Waals surface area contributed by atoms with Gasteiger partial charge in [0.1, 0.15) is 11.3 Å². The van der Waals surface area contributed by atoms with E-state index in [1.165, 1.54) is 0 Å². The van der Waals surface area contributed by atoms with E-state index in [-0.39, 0.29) is 36.1 Å². The van der Waals surface area contributed by atoms with Crippen molar-refractivity contribution in [3.8, 4) is 114 Å². The highest BCUT2D eigenvalue weighted by molar-refractivity contribution is 5.98. The number of pyridine rings is 2. The Balaban J connectivity index is 0.000000119. The van der Waals surface area contributed by atoms with E-state index in [4.69, 9.17) is 40.6 Å². The van der Waals surface area contributed by atoms with Crippen LogP contribution in [0.4, 0.5) is 0 Å². The summed E-state index contributed by atoms with van der Waals surface area (Å²) in [7, 11) is 0. The number of aromatic nitrogens is 10. The largest absolute Gasteiger partial charge is 0.390 e. The summed E-state index contributed by atoms with van der Waals surface area (Å²) in [5.41, 5.74) is 22.3. The van der Waals surface area contributed by atoms with Crippen molar-refractivity contribution in [2.75, 3.05) is 85.3 Å². The molecule has 4 saturated heterocycles. The van der Waals surface area contributed by atoms with Crippen LogP contribution >= 0.6 is 0 Å². The molecule has 8 aromatic carbocycles. The monoisotopic (exact) mass is 1680 g/mol. The van der Waals surface area contributed by atoms with Crippen molar-refractivity contribution in [2.45, 2.75) is 25.4 Å². The molecule has 5 amide bonds. The number of rotatable bonds is 12. The second-order valence-electron chi connectivity index (χ2n) is 31.1. The quantitative estimate of drug-likeness (QED) is 0.115. The highest BCUT2D eigenvalue weighted by atomic mass is 16.5. The molecule has 2 N–H and O–H groups in total. The molecule has 16 aromatic rings. The minimum absolute atomic E-state index is 0.00483. The molecular weight excluding hydrogens is 1600 g/mol. The Bertz CT molecular complexity index is 6750. The van der Waals surface area contributed by atoms with Gasteiger partial charge in [0.2, 0.25) is 5.91 Å². The lowest BCUT2D eigenvalue weighted by Crippen LogP contribution is -2.49. The number of carbonyl (C=O) groups excluding carboxylic acids is 5. The van der Waals surface area contributed by atoms with E-state index in [1.54, 1.807) is 74.9 Å². The number of piperazine rings is 1. The van der Waals surface area contributed by atoms with Gasteiger partial charge in [-0.3, -0.25) is 32.8 Å². The zero-order chi connectivity index (χ0) is 87.5. The maximum absolute atomic E-state index is 12.9. The van der Waals surface area contributed by atoms with Crippen molar-refractivity contribution in [2.24, 2.45) is 0 Å². The molecule has 27 nitrogen and oxygen atoms in total. The van der Waals surface area contributed by atoms with Gasteiger partial charge in [0.15, 0.2) is 11.3 Å². The predicted molar refractivity (Wildman–Crippen MR) is 477 cm³/mol. The highest BCUT2D eigenvalue weighted by Gasteiger charge is 2.31. The molecule has 4 fully saturated rings. The molecule has 0 saturated carbocycles. The van der Waals surface area contributed by atoms with Crippen LogP contribution in [0.1, 0.15) is 83.5 Å². The van der Waals surface area contributed by atoms with Crippen molar-refractivity contribution in [3.63, 3.8) is 0 Å². The molecule has 0 unspecified atom stereocenters. The van der Waals surface area contributed by atoms with Crippen molar-refractivity contribution in [3.05, 3.63) is 324 Å². The van der Waals surface area contributed by atoms with E-state index in [2.05, 4.69) is 55.8 Å². The zero-order valence-electron chi connectivity index (χ0n) is 69.0. The molecule has 0 aliphatic carbocycles. The number of hydrogen-bond donors (Lipinski definition) is 2. The first-order chi connectivity index (χ1) is 62.0. The molecular formula is C100H81N19O8. The summed E-state index contributed by atoms with van der Waals surface area (Å²) in [6.45, 7) is 8.90. The molecule has 4 aliphatic rings. The third kappa shape index (κ3) is 18.5. The molecule has 27 heteroatoms. The van der Waals surface area contributed by atoms with Gasteiger partial charge in [-0.15, -0.1) is 0 Å². The molecule has 12 heterocycles. The summed E-state index contributed by atoms with van der Waals surface area (Å²) >= 11 is 0. The van der Waals surface area contributed by atoms with Crippen molar-refractivity contribution < 1.29 is 38.6 Å². The standard InChI is InChI=1S/C27H24N4O2.C25H20N4O2.C24H18N6O2.C24H19N5O2/c1-27(33)12-14-30(15-13-27)26(32)22-8-6-20(7-9-22)23-10-11-25-29-17-24(31(25)18-23)21-4-2-19(16-28)3-5-21;26-15-18-1-3-20(4-2-18)23-16-27-24-10-9-22(17-29(23)24)19-5-7-21(8-6-19)25(30)28-11-13-31-14-12-28;25-13-16-1-3-18(4-2-16)21-14-27-22-10-9-20(28-30(21)22)17-5-7-19(8-6-17)24(32)29-12-11-26-23(31)15-29;25-15-17-1-3-18(4-2-17)21-16-26-29-10-9-22(27-23(21)29)19-5-7-20(8-6-19)24(30)28-11-13-31-14-12-28/h2-11,17-18,33H,12-15H2,1H3;1-10,16-17H,11-14H2;1-10,14H,11-12,15H2,(H,26,31);1-10,16H,11-14H2. The number of nitrogens with one attached hydrogen (secondary N) is 1. The topological polar surface area (TPSA) is 339 Å².